The lowest BCUT2D eigenvalue weighted by Crippen LogP contribution is -2.15. The molecule has 0 saturated carbocycles. The van der Waals surface area contributed by atoms with Crippen LogP contribution in [0.15, 0.2) is 24.3 Å². The molecule has 0 spiro atoms. The molecule has 0 fully saturated rings. The summed E-state index contributed by atoms with van der Waals surface area (Å²) in [6.45, 7) is 5.66. The molecule has 0 aliphatic heterocycles. The molecule has 15 heavy (non-hydrogen) atoms. The van der Waals surface area contributed by atoms with Crippen LogP contribution in [0.25, 0.3) is 0 Å². The van der Waals surface area contributed by atoms with Crippen molar-refractivity contribution >= 4 is 0 Å². The second-order valence-corrected chi connectivity index (χ2v) is 3.79. The van der Waals surface area contributed by atoms with Gasteiger partial charge in [-0.3, -0.25) is 0 Å². The molecule has 0 saturated heterocycles. The third kappa shape index (κ3) is 3.92. The Bertz CT molecular complexity index is 282. The molecule has 0 radical (unpaired) electrons. The van der Waals surface area contributed by atoms with Gasteiger partial charge in [-0.2, -0.15) is 0 Å². The van der Waals surface area contributed by atoms with Crippen molar-refractivity contribution in [2.75, 3.05) is 13.2 Å². The summed E-state index contributed by atoms with van der Waals surface area (Å²) in [7, 11) is 0. The number of nitrogens with two attached hydrogens (primary N) is 1. The quantitative estimate of drug-likeness (QED) is 0.778. The monoisotopic (exact) mass is 207 g/mol. The normalized spacial score (nSPS) is 12.5. The van der Waals surface area contributed by atoms with Gasteiger partial charge in [-0.25, -0.2) is 0 Å². The van der Waals surface area contributed by atoms with Crippen LogP contribution in [0.3, 0.4) is 0 Å². The first-order chi connectivity index (χ1) is 7.30. The van der Waals surface area contributed by atoms with E-state index in [9.17, 15) is 0 Å². The van der Waals surface area contributed by atoms with Crippen molar-refractivity contribution in [3.8, 4) is 5.75 Å². The maximum absolute atomic E-state index is 5.70. The highest BCUT2D eigenvalue weighted by molar-refractivity contribution is 5.28. The molecule has 1 aromatic carbocycles. The van der Waals surface area contributed by atoms with Gasteiger partial charge in [0.05, 0.1) is 6.61 Å². The maximum atomic E-state index is 5.70. The van der Waals surface area contributed by atoms with E-state index in [4.69, 9.17) is 10.5 Å². The van der Waals surface area contributed by atoms with Crippen LogP contribution in [0.2, 0.25) is 0 Å². The van der Waals surface area contributed by atoms with Gasteiger partial charge in [-0.05, 0) is 43.5 Å². The molecular formula is C13H21NO. The van der Waals surface area contributed by atoms with E-state index >= 15 is 0 Å². The topological polar surface area (TPSA) is 35.2 Å². The fourth-order valence-electron chi connectivity index (χ4n) is 1.66. The third-order valence-electron chi connectivity index (χ3n) is 2.64. The number of ether oxygens (including phenoxy) is 1. The Morgan fingerprint density at radius 1 is 1.33 bits per heavy atom. The molecule has 0 bridgehead atoms. The van der Waals surface area contributed by atoms with Crippen molar-refractivity contribution in [1.82, 2.24) is 0 Å². The summed E-state index contributed by atoms with van der Waals surface area (Å²) < 4.78 is 5.46. The summed E-state index contributed by atoms with van der Waals surface area (Å²) in [6, 6.07) is 8.29. The van der Waals surface area contributed by atoms with Crippen LogP contribution in [-0.2, 0) is 6.42 Å². The van der Waals surface area contributed by atoms with Gasteiger partial charge in [-0.1, -0.05) is 25.5 Å². The van der Waals surface area contributed by atoms with Gasteiger partial charge < -0.3 is 10.5 Å². The predicted molar refractivity (Wildman–Crippen MR) is 64.2 cm³/mol. The molecule has 0 heterocycles. The summed E-state index contributed by atoms with van der Waals surface area (Å²) in [5, 5.41) is 0. The SMILES string of the molecule is CCOc1cccc(CC(CC)CN)c1. The molecule has 0 aromatic heterocycles. The molecule has 1 atom stereocenters. The molecule has 1 aromatic rings. The number of rotatable bonds is 6. The van der Waals surface area contributed by atoms with Gasteiger partial charge in [0.15, 0.2) is 0 Å². The first kappa shape index (κ1) is 12.1. The zero-order valence-electron chi connectivity index (χ0n) is 9.70. The van der Waals surface area contributed by atoms with E-state index in [1.54, 1.807) is 0 Å². The molecule has 0 aliphatic carbocycles. The fourth-order valence-corrected chi connectivity index (χ4v) is 1.66. The highest BCUT2D eigenvalue weighted by Gasteiger charge is 2.05. The molecule has 1 rings (SSSR count). The van der Waals surface area contributed by atoms with Crippen LogP contribution in [0, 0.1) is 5.92 Å². The Morgan fingerprint density at radius 2 is 2.13 bits per heavy atom. The Balaban J connectivity index is 2.64. The van der Waals surface area contributed by atoms with E-state index in [0.717, 1.165) is 31.7 Å². The minimum atomic E-state index is 0.585. The summed E-state index contributed by atoms with van der Waals surface area (Å²) >= 11 is 0. The van der Waals surface area contributed by atoms with Crippen molar-refractivity contribution in [2.45, 2.75) is 26.7 Å². The van der Waals surface area contributed by atoms with Gasteiger partial charge in [0.2, 0.25) is 0 Å². The lowest BCUT2D eigenvalue weighted by Gasteiger charge is -2.12. The summed E-state index contributed by atoms with van der Waals surface area (Å²) in [5.41, 5.74) is 7.01. The number of hydrogen-bond acceptors (Lipinski definition) is 2. The van der Waals surface area contributed by atoms with Gasteiger partial charge in [0.25, 0.3) is 0 Å². The van der Waals surface area contributed by atoms with Crippen LogP contribution >= 0.6 is 0 Å². The fraction of sp³-hybridized carbons (Fsp3) is 0.538. The second kappa shape index (κ2) is 6.46. The highest BCUT2D eigenvalue weighted by atomic mass is 16.5. The van der Waals surface area contributed by atoms with Gasteiger partial charge >= 0.3 is 0 Å². The summed E-state index contributed by atoms with van der Waals surface area (Å²) in [5.74, 6) is 1.55. The first-order valence-corrected chi connectivity index (χ1v) is 5.71. The summed E-state index contributed by atoms with van der Waals surface area (Å²) in [6.07, 6.45) is 2.18. The lowest BCUT2D eigenvalue weighted by atomic mass is 9.97. The van der Waals surface area contributed by atoms with E-state index in [1.807, 2.05) is 19.1 Å². The smallest absolute Gasteiger partial charge is 0.119 e. The molecule has 2 heteroatoms. The van der Waals surface area contributed by atoms with Crippen molar-refractivity contribution in [3.05, 3.63) is 29.8 Å². The van der Waals surface area contributed by atoms with E-state index in [-0.39, 0.29) is 0 Å². The molecule has 0 aliphatic rings. The predicted octanol–water partition coefficient (Wildman–Crippen LogP) is 2.61. The standard InChI is InChI=1S/C13H21NO/c1-3-11(10-14)8-12-6-5-7-13(9-12)15-4-2/h5-7,9,11H,3-4,8,10,14H2,1-2H3. The van der Waals surface area contributed by atoms with Crippen LogP contribution in [0.4, 0.5) is 0 Å². The molecule has 2 N–H and O–H groups in total. The average molecular weight is 207 g/mol. The Hall–Kier alpha value is -1.02. The second-order valence-electron chi connectivity index (χ2n) is 3.79. The van der Waals surface area contributed by atoms with Crippen molar-refractivity contribution in [2.24, 2.45) is 11.7 Å². The van der Waals surface area contributed by atoms with E-state index < -0.39 is 0 Å². The number of hydrogen-bond donors (Lipinski definition) is 1. The molecule has 0 amide bonds. The average Bonchev–Trinajstić information content (AvgIpc) is 2.27. The van der Waals surface area contributed by atoms with Crippen molar-refractivity contribution < 1.29 is 4.74 Å². The van der Waals surface area contributed by atoms with Gasteiger partial charge in [-0.15, -0.1) is 0 Å². The van der Waals surface area contributed by atoms with E-state index in [0.29, 0.717) is 5.92 Å². The van der Waals surface area contributed by atoms with Crippen LogP contribution in [0.1, 0.15) is 25.8 Å². The lowest BCUT2D eigenvalue weighted by molar-refractivity contribution is 0.339. The van der Waals surface area contributed by atoms with E-state index in [2.05, 4.69) is 19.1 Å². The van der Waals surface area contributed by atoms with Crippen molar-refractivity contribution in [1.29, 1.82) is 0 Å². The van der Waals surface area contributed by atoms with Crippen LogP contribution in [0.5, 0.6) is 5.75 Å². The molecule has 84 valence electrons. The minimum Gasteiger partial charge on any atom is -0.494 e. The maximum Gasteiger partial charge on any atom is 0.119 e. The third-order valence-corrected chi connectivity index (χ3v) is 2.64. The zero-order valence-corrected chi connectivity index (χ0v) is 9.70. The van der Waals surface area contributed by atoms with E-state index in [1.165, 1.54) is 5.56 Å². The van der Waals surface area contributed by atoms with Crippen LogP contribution < -0.4 is 10.5 Å². The largest absolute Gasteiger partial charge is 0.494 e. The first-order valence-electron chi connectivity index (χ1n) is 5.71. The van der Waals surface area contributed by atoms with Crippen LogP contribution in [-0.4, -0.2) is 13.2 Å². The minimum absolute atomic E-state index is 0.585. The zero-order chi connectivity index (χ0) is 11.1. The summed E-state index contributed by atoms with van der Waals surface area (Å²) in [4.78, 5) is 0. The number of benzene rings is 1. The Morgan fingerprint density at radius 3 is 2.73 bits per heavy atom. The molecular weight excluding hydrogens is 186 g/mol. The molecule has 2 nitrogen and oxygen atoms in total. The van der Waals surface area contributed by atoms with Gasteiger partial charge in [0.1, 0.15) is 5.75 Å². The van der Waals surface area contributed by atoms with Crippen molar-refractivity contribution in [3.63, 3.8) is 0 Å². The highest BCUT2D eigenvalue weighted by Crippen LogP contribution is 2.17. The van der Waals surface area contributed by atoms with Gasteiger partial charge in [0, 0.05) is 0 Å². The molecule has 1 unspecified atom stereocenters. The Kier molecular flexibility index (Phi) is 5.19. The Labute approximate surface area is 92.4 Å².